The molecule has 2 aromatic rings. The van der Waals surface area contributed by atoms with Crippen LogP contribution in [0, 0.1) is 0 Å². The number of sulfonamides is 1. The molecule has 7 heteroatoms. The van der Waals surface area contributed by atoms with Crippen LogP contribution in [0.3, 0.4) is 0 Å². The minimum atomic E-state index is -3.28. The SMILES string of the molecule is CS(=O)(=O)N1CCCc2cc(NC(=O)c3ccc(Br)cc3)ccc21. The molecule has 0 saturated heterocycles. The van der Waals surface area contributed by atoms with Gasteiger partial charge in [-0.3, -0.25) is 9.10 Å². The Balaban J connectivity index is 1.84. The number of hydrogen-bond acceptors (Lipinski definition) is 3. The first-order chi connectivity index (χ1) is 11.3. The molecule has 5 nitrogen and oxygen atoms in total. The zero-order valence-electron chi connectivity index (χ0n) is 13.1. The van der Waals surface area contributed by atoms with Gasteiger partial charge in [0.25, 0.3) is 5.91 Å². The third-order valence-corrected chi connectivity index (χ3v) is 5.63. The lowest BCUT2D eigenvalue weighted by Gasteiger charge is -2.29. The van der Waals surface area contributed by atoms with Crippen LogP contribution in [0.1, 0.15) is 22.3 Å². The van der Waals surface area contributed by atoms with Crippen molar-refractivity contribution < 1.29 is 13.2 Å². The number of halogens is 1. The fourth-order valence-electron chi connectivity index (χ4n) is 2.79. The Bertz CT molecular complexity index is 879. The van der Waals surface area contributed by atoms with Gasteiger partial charge < -0.3 is 5.32 Å². The van der Waals surface area contributed by atoms with Crippen molar-refractivity contribution in [2.75, 3.05) is 22.4 Å². The fourth-order valence-corrected chi connectivity index (χ4v) is 4.05. The molecule has 126 valence electrons. The average Bonchev–Trinajstić information content (AvgIpc) is 2.53. The largest absolute Gasteiger partial charge is 0.322 e. The van der Waals surface area contributed by atoms with E-state index < -0.39 is 10.0 Å². The van der Waals surface area contributed by atoms with Gasteiger partial charge in [-0.1, -0.05) is 15.9 Å². The minimum Gasteiger partial charge on any atom is -0.322 e. The number of nitrogens with one attached hydrogen (secondary N) is 1. The number of benzene rings is 2. The highest BCUT2D eigenvalue weighted by Crippen LogP contribution is 2.31. The van der Waals surface area contributed by atoms with Gasteiger partial charge in [0.1, 0.15) is 0 Å². The molecule has 0 aliphatic carbocycles. The Morgan fingerprint density at radius 2 is 1.88 bits per heavy atom. The number of anilines is 2. The van der Waals surface area contributed by atoms with Crippen molar-refractivity contribution in [1.82, 2.24) is 0 Å². The predicted molar refractivity (Wildman–Crippen MR) is 99.0 cm³/mol. The second-order valence-corrected chi connectivity index (χ2v) is 8.57. The Morgan fingerprint density at radius 3 is 2.54 bits per heavy atom. The first kappa shape index (κ1) is 17.0. The van der Waals surface area contributed by atoms with Crippen molar-refractivity contribution in [3.05, 3.63) is 58.1 Å². The van der Waals surface area contributed by atoms with Gasteiger partial charge in [-0.25, -0.2) is 8.42 Å². The first-order valence-electron chi connectivity index (χ1n) is 7.52. The van der Waals surface area contributed by atoms with Gasteiger partial charge in [0.15, 0.2) is 0 Å². The van der Waals surface area contributed by atoms with Gasteiger partial charge in [0.2, 0.25) is 10.0 Å². The van der Waals surface area contributed by atoms with Gasteiger partial charge in [0, 0.05) is 22.3 Å². The predicted octanol–water partition coefficient (Wildman–Crippen LogP) is 3.41. The van der Waals surface area contributed by atoms with E-state index in [0.717, 1.165) is 22.9 Å². The number of amides is 1. The third-order valence-electron chi connectivity index (χ3n) is 3.92. The number of nitrogens with zero attached hydrogens (tertiary/aromatic N) is 1. The van der Waals surface area contributed by atoms with Crippen molar-refractivity contribution in [3.63, 3.8) is 0 Å². The second kappa shape index (κ2) is 6.57. The van der Waals surface area contributed by atoms with E-state index in [1.54, 1.807) is 24.3 Å². The van der Waals surface area contributed by atoms with Gasteiger partial charge in [-0.05, 0) is 60.9 Å². The number of hydrogen-bond donors (Lipinski definition) is 1. The van der Waals surface area contributed by atoms with E-state index in [-0.39, 0.29) is 5.91 Å². The summed E-state index contributed by atoms with van der Waals surface area (Å²) in [4.78, 5) is 12.3. The van der Waals surface area contributed by atoms with E-state index in [9.17, 15) is 13.2 Å². The van der Waals surface area contributed by atoms with E-state index in [1.165, 1.54) is 10.6 Å². The van der Waals surface area contributed by atoms with E-state index in [4.69, 9.17) is 0 Å². The molecule has 2 aromatic carbocycles. The summed E-state index contributed by atoms with van der Waals surface area (Å²) in [6.07, 6.45) is 2.78. The van der Waals surface area contributed by atoms with Crippen LogP contribution in [0.25, 0.3) is 0 Å². The smallest absolute Gasteiger partial charge is 0.255 e. The molecule has 3 rings (SSSR count). The molecule has 1 N–H and O–H groups in total. The molecule has 0 unspecified atom stereocenters. The van der Waals surface area contributed by atoms with Crippen molar-refractivity contribution in [2.24, 2.45) is 0 Å². The molecular weight excluding hydrogens is 392 g/mol. The summed E-state index contributed by atoms with van der Waals surface area (Å²) in [5, 5.41) is 2.86. The van der Waals surface area contributed by atoms with Crippen LogP contribution in [0.5, 0.6) is 0 Å². The zero-order valence-corrected chi connectivity index (χ0v) is 15.5. The van der Waals surface area contributed by atoms with Gasteiger partial charge in [-0.15, -0.1) is 0 Å². The quantitative estimate of drug-likeness (QED) is 0.845. The maximum absolute atomic E-state index is 12.3. The van der Waals surface area contributed by atoms with Crippen molar-refractivity contribution in [3.8, 4) is 0 Å². The molecule has 0 bridgehead atoms. The Labute approximate surface area is 149 Å². The average molecular weight is 409 g/mol. The van der Waals surface area contributed by atoms with Gasteiger partial charge in [0.05, 0.1) is 11.9 Å². The van der Waals surface area contributed by atoms with Crippen molar-refractivity contribution in [2.45, 2.75) is 12.8 Å². The Hall–Kier alpha value is -1.86. The second-order valence-electron chi connectivity index (χ2n) is 5.74. The summed E-state index contributed by atoms with van der Waals surface area (Å²) < 4.78 is 26.1. The summed E-state index contributed by atoms with van der Waals surface area (Å²) in [5.74, 6) is -0.196. The molecule has 1 amide bonds. The highest BCUT2D eigenvalue weighted by Gasteiger charge is 2.24. The lowest BCUT2D eigenvalue weighted by atomic mass is 10.0. The minimum absolute atomic E-state index is 0.196. The van der Waals surface area contributed by atoms with Crippen LogP contribution in [0.2, 0.25) is 0 Å². The number of carbonyl (C=O) groups excluding carboxylic acids is 1. The van der Waals surface area contributed by atoms with E-state index in [0.29, 0.717) is 23.5 Å². The molecule has 0 aromatic heterocycles. The van der Waals surface area contributed by atoms with Crippen molar-refractivity contribution >= 4 is 43.2 Å². The monoisotopic (exact) mass is 408 g/mol. The molecule has 24 heavy (non-hydrogen) atoms. The highest BCUT2D eigenvalue weighted by atomic mass is 79.9. The van der Waals surface area contributed by atoms with Crippen LogP contribution in [-0.2, 0) is 16.4 Å². The molecule has 1 heterocycles. The molecule has 0 atom stereocenters. The Morgan fingerprint density at radius 1 is 1.17 bits per heavy atom. The van der Waals surface area contributed by atoms with Gasteiger partial charge in [-0.2, -0.15) is 0 Å². The molecule has 0 spiro atoms. The van der Waals surface area contributed by atoms with E-state index >= 15 is 0 Å². The summed E-state index contributed by atoms with van der Waals surface area (Å²) in [6, 6.07) is 12.4. The molecule has 1 aliphatic rings. The lowest BCUT2D eigenvalue weighted by Crippen LogP contribution is -2.34. The summed E-state index contributed by atoms with van der Waals surface area (Å²) >= 11 is 3.34. The molecule has 1 aliphatic heterocycles. The summed E-state index contributed by atoms with van der Waals surface area (Å²) in [5.41, 5.74) is 2.86. The van der Waals surface area contributed by atoms with Crippen LogP contribution in [0.4, 0.5) is 11.4 Å². The number of rotatable bonds is 3. The molecular formula is C17H17BrN2O3S. The Kier molecular flexibility index (Phi) is 4.64. The zero-order chi connectivity index (χ0) is 17.3. The van der Waals surface area contributed by atoms with Crippen molar-refractivity contribution in [1.29, 1.82) is 0 Å². The van der Waals surface area contributed by atoms with Crippen LogP contribution >= 0.6 is 15.9 Å². The normalized spacial score (nSPS) is 14.2. The molecule has 0 radical (unpaired) electrons. The molecule has 0 fully saturated rings. The third kappa shape index (κ3) is 3.62. The first-order valence-corrected chi connectivity index (χ1v) is 10.2. The van der Waals surface area contributed by atoms with Crippen LogP contribution in [-0.4, -0.2) is 27.1 Å². The lowest BCUT2D eigenvalue weighted by molar-refractivity contribution is 0.102. The molecule has 0 saturated carbocycles. The highest BCUT2D eigenvalue weighted by molar-refractivity contribution is 9.10. The summed E-state index contributed by atoms with van der Waals surface area (Å²) in [6.45, 7) is 0.496. The standard InChI is InChI=1S/C17H17BrN2O3S/c1-24(22,23)20-10-2-3-13-11-15(8-9-16(13)20)19-17(21)12-4-6-14(18)7-5-12/h4-9,11H,2-3,10H2,1H3,(H,19,21). The van der Waals surface area contributed by atoms with Crippen LogP contribution < -0.4 is 9.62 Å². The van der Waals surface area contributed by atoms with E-state index in [2.05, 4.69) is 21.2 Å². The van der Waals surface area contributed by atoms with E-state index in [1.807, 2.05) is 18.2 Å². The number of fused-ring (bicyclic) bond motifs is 1. The number of aryl methyl sites for hydroxylation is 1. The number of carbonyl (C=O) groups is 1. The maximum Gasteiger partial charge on any atom is 0.255 e. The summed E-state index contributed by atoms with van der Waals surface area (Å²) in [7, 11) is -3.28. The van der Waals surface area contributed by atoms with Crippen LogP contribution in [0.15, 0.2) is 46.9 Å². The van der Waals surface area contributed by atoms with Gasteiger partial charge >= 0.3 is 0 Å². The topological polar surface area (TPSA) is 66.5 Å². The fraction of sp³-hybridized carbons (Fsp3) is 0.235. The maximum atomic E-state index is 12.3.